The first-order valence-corrected chi connectivity index (χ1v) is 21.1. The third-order valence-electron chi connectivity index (χ3n) is 12.2. The molecule has 3 fully saturated rings. The number of ether oxygens (including phenoxy) is 5. The van der Waals surface area contributed by atoms with Gasteiger partial charge in [-0.05, 0) is 79.1 Å². The summed E-state index contributed by atoms with van der Waals surface area (Å²) in [5.74, 6) is -5.80. The van der Waals surface area contributed by atoms with E-state index in [4.69, 9.17) is 34.3 Å². The summed E-state index contributed by atoms with van der Waals surface area (Å²) in [4.78, 5) is 57.7. The number of halogens is 1. The fraction of sp³-hybridized carbons (Fsp3) is 0.698. The second-order valence-electron chi connectivity index (χ2n) is 17.7. The van der Waals surface area contributed by atoms with Crippen LogP contribution in [0, 0.1) is 17.8 Å². The van der Waals surface area contributed by atoms with Crippen molar-refractivity contribution < 1.29 is 57.5 Å². The number of cyclic esters (lactones) is 1. The van der Waals surface area contributed by atoms with Crippen LogP contribution in [-0.2, 0) is 49.5 Å². The summed E-state index contributed by atoms with van der Waals surface area (Å²) in [5, 5.41) is 32.6. The molecule has 0 spiro atoms. The Morgan fingerprint density at radius 3 is 2.42 bits per heavy atom. The lowest BCUT2D eigenvalue weighted by Crippen LogP contribution is -2.61. The van der Waals surface area contributed by atoms with Crippen molar-refractivity contribution in [2.24, 2.45) is 27.9 Å². The monoisotopic (exact) mass is 873 g/mol. The van der Waals surface area contributed by atoms with Crippen LogP contribution < -0.4 is 5.73 Å². The Kier molecular flexibility index (Phi) is 15.5. The highest BCUT2D eigenvalue weighted by atomic mass is 19.1. The minimum Gasteiger partial charge on any atom is -0.457 e. The zero-order valence-corrected chi connectivity index (χ0v) is 37.6. The van der Waals surface area contributed by atoms with Gasteiger partial charge in [0.15, 0.2) is 18.7 Å². The predicted molar refractivity (Wildman–Crippen MR) is 225 cm³/mol. The number of hydrogen-bond donors (Lipinski definition) is 3. The summed E-state index contributed by atoms with van der Waals surface area (Å²) >= 11 is 0. The van der Waals surface area contributed by atoms with Gasteiger partial charge >= 0.3 is 5.97 Å². The smallest absolute Gasteiger partial charge is 0.351 e. The molecule has 0 unspecified atom stereocenters. The van der Waals surface area contributed by atoms with E-state index in [0.717, 1.165) is 6.92 Å². The molecule has 344 valence electrons. The summed E-state index contributed by atoms with van der Waals surface area (Å²) < 4.78 is 50.3. The molecule has 62 heavy (non-hydrogen) atoms. The van der Waals surface area contributed by atoms with Crippen molar-refractivity contribution in [3.05, 3.63) is 36.3 Å². The van der Waals surface area contributed by atoms with Crippen molar-refractivity contribution in [3.8, 4) is 5.69 Å². The van der Waals surface area contributed by atoms with E-state index in [9.17, 15) is 24.6 Å². The number of aromatic nitrogens is 3. The van der Waals surface area contributed by atoms with Crippen LogP contribution in [-0.4, -0.2) is 146 Å². The number of fused-ring (bicyclic) bond motifs is 5. The van der Waals surface area contributed by atoms with Crippen molar-refractivity contribution in [1.29, 1.82) is 0 Å². The quantitative estimate of drug-likeness (QED) is 0.196. The van der Waals surface area contributed by atoms with Gasteiger partial charge in [-0.3, -0.25) is 14.6 Å². The minimum atomic E-state index is -3.23. The fourth-order valence-corrected chi connectivity index (χ4v) is 8.92. The van der Waals surface area contributed by atoms with Gasteiger partial charge < -0.3 is 49.4 Å². The van der Waals surface area contributed by atoms with E-state index < -0.39 is 95.1 Å². The van der Waals surface area contributed by atoms with E-state index in [-0.39, 0.29) is 38.4 Å². The van der Waals surface area contributed by atoms with Gasteiger partial charge in [0, 0.05) is 42.8 Å². The highest BCUT2D eigenvalue weighted by molar-refractivity contribution is 6.08. The van der Waals surface area contributed by atoms with Gasteiger partial charge in [-0.2, -0.15) is 5.10 Å². The molecule has 2 aromatic rings. The zero-order valence-electron chi connectivity index (χ0n) is 37.6. The maximum atomic E-state index is 16.9. The SMILES string of the molecule is CC[C@H]1OC(=O)[C@@](C)(F)C(=O)[C@H](C)[C@@H](O[C@@H]2O[C@H](C)C[C@H](N(C)C)[C@H]2O)[C@@]2(C)C[C@@H](C)C(=NC(C)=O)[C@H](C)[C@H](OC/C(=N\OCc3ccc(-n4ccc(N)n4)cn3)CO2)[C@]1(C)O. The van der Waals surface area contributed by atoms with Crippen molar-refractivity contribution in [1.82, 2.24) is 19.7 Å². The number of hydrogen-bond acceptors (Lipinski definition) is 16. The van der Waals surface area contributed by atoms with Crippen LogP contribution in [0.2, 0.25) is 0 Å². The lowest BCUT2D eigenvalue weighted by atomic mass is 9.73. The van der Waals surface area contributed by atoms with Gasteiger partial charge in [0.25, 0.3) is 5.67 Å². The van der Waals surface area contributed by atoms with E-state index in [1.54, 1.807) is 56.0 Å². The van der Waals surface area contributed by atoms with Crippen LogP contribution in [0.15, 0.2) is 40.7 Å². The second kappa shape index (κ2) is 19.7. The average Bonchev–Trinajstić information content (AvgIpc) is 3.64. The van der Waals surface area contributed by atoms with Gasteiger partial charge in [0.2, 0.25) is 5.91 Å². The number of ketones is 1. The molecule has 13 atom stereocenters. The molecular weight excluding hydrogens is 810 g/mol. The van der Waals surface area contributed by atoms with Gasteiger partial charge in [-0.25, -0.2) is 18.9 Å². The number of carbonyl (C=O) groups is 3. The molecule has 0 saturated carbocycles. The maximum absolute atomic E-state index is 16.9. The first kappa shape index (κ1) is 48.8. The van der Waals surface area contributed by atoms with E-state index in [1.165, 1.54) is 20.8 Å². The largest absolute Gasteiger partial charge is 0.457 e. The number of aliphatic hydroxyl groups is 2. The van der Waals surface area contributed by atoms with E-state index in [1.807, 2.05) is 32.8 Å². The molecular formula is C43H64FN7O11. The average molecular weight is 874 g/mol. The molecule has 3 aliphatic heterocycles. The highest BCUT2D eigenvalue weighted by Crippen LogP contribution is 2.41. The number of nitrogens with two attached hydrogens (primary N) is 1. The summed E-state index contributed by atoms with van der Waals surface area (Å²) in [6.45, 7) is 12.9. The third-order valence-corrected chi connectivity index (χ3v) is 12.2. The van der Waals surface area contributed by atoms with Gasteiger partial charge in [-0.15, -0.1) is 0 Å². The van der Waals surface area contributed by atoms with Crippen molar-refractivity contribution in [2.75, 3.05) is 33.0 Å². The Morgan fingerprint density at radius 1 is 1.11 bits per heavy atom. The number of nitrogen functional groups attached to an aromatic ring is 1. The number of aliphatic imine (C=N–C) groups is 1. The Bertz CT molecular complexity index is 1960. The lowest BCUT2D eigenvalue weighted by molar-refractivity contribution is -0.296. The van der Waals surface area contributed by atoms with Crippen molar-refractivity contribution in [2.45, 2.75) is 148 Å². The van der Waals surface area contributed by atoms with Crippen LogP contribution in [0.5, 0.6) is 0 Å². The molecule has 5 rings (SSSR count). The molecule has 1 amide bonds. The standard InChI is InChI=1S/C43H64FN7O11/c1-12-32-43(9,56)38-25(4)34(47-27(6)52)23(2)18-41(7,58-21-29(20-57-38)49-59-22-28-13-14-30(19-46-28)51-16-15-33(45)48-51)37(26(5)36(54)42(8,44)40(55)61-32)62-39-35(53)31(50(10)11)17-24(3)60-39/h13-16,19,23-26,31-32,35,37-39,53,56H,12,17-18,20-22H2,1-11H3,(H2,45,48)/b47-34?,49-29+/t23-,24-,25+,26+,31+,32-,35-,37-,38+,39+,41-,42+,43-/m1/s1. The van der Waals surface area contributed by atoms with Crippen LogP contribution in [0.4, 0.5) is 10.2 Å². The molecule has 2 aromatic heterocycles. The first-order valence-electron chi connectivity index (χ1n) is 21.1. The van der Waals surface area contributed by atoms with Crippen molar-refractivity contribution >= 4 is 34.9 Å². The van der Waals surface area contributed by atoms with Crippen LogP contribution >= 0.6 is 0 Å². The Morgan fingerprint density at radius 2 is 1.82 bits per heavy atom. The van der Waals surface area contributed by atoms with Crippen molar-refractivity contribution in [3.63, 3.8) is 0 Å². The number of rotatable bonds is 8. The first-order chi connectivity index (χ1) is 29.0. The normalized spacial score (nSPS) is 38.0. The summed E-state index contributed by atoms with van der Waals surface area (Å²) in [6.07, 6.45) is -3.26. The number of amides is 1. The summed E-state index contributed by atoms with van der Waals surface area (Å²) in [5.41, 5.74) is 0.590. The highest BCUT2D eigenvalue weighted by Gasteiger charge is 2.56. The number of oxime groups is 1. The number of likely N-dealkylation sites (N-methyl/N-ethyl adjacent to an activating group) is 1. The molecule has 2 bridgehead atoms. The lowest BCUT2D eigenvalue weighted by Gasteiger charge is -2.47. The van der Waals surface area contributed by atoms with E-state index in [2.05, 4.69) is 20.2 Å². The number of aliphatic hydroxyl groups excluding tert-OH is 1. The molecule has 3 aliphatic rings. The van der Waals surface area contributed by atoms with E-state index in [0.29, 0.717) is 29.3 Å². The Labute approximate surface area is 362 Å². The molecule has 0 radical (unpaired) electrons. The molecule has 0 aliphatic carbocycles. The Balaban J connectivity index is 1.65. The van der Waals surface area contributed by atoms with Crippen LogP contribution in [0.25, 0.3) is 5.69 Å². The zero-order chi connectivity index (χ0) is 45.9. The Hall–Kier alpha value is -4.24. The number of esters is 1. The number of pyridine rings is 1. The molecule has 18 nitrogen and oxygen atoms in total. The second-order valence-corrected chi connectivity index (χ2v) is 17.7. The summed E-state index contributed by atoms with van der Waals surface area (Å²) in [7, 11) is 3.62. The molecule has 3 saturated heterocycles. The number of alkyl halides is 1. The maximum Gasteiger partial charge on any atom is 0.351 e. The molecule has 4 N–H and O–H groups in total. The van der Waals surface area contributed by atoms with Gasteiger partial charge in [0.05, 0.1) is 54.7 Å². The number of carbonyl (C=O) groups excluding carboxylic acids is 3. The van der Waals surface area contributed by atoms with Crippen LogP contribution in [0.1, 0.15) is 87.3 Å². The number of anilines is 1. The topological polar surface area (TPSA) is 232 Å². The van der Waals surface area contributed by atoms with E-state index >= 15 is 4.39 Å². The number of Topliss-reactive ketones (excluding diaryl/α,β-unsaturated/α-hetero) is 1. The van der Waals surface area contributed by atoms with Gasteiger partial charge in [-0.1, -0.05) is 32.9 Å². The minimum absolute atomic E-state index is 0.00690. The molecule has 5 heterocycles. The van der Waals surface area contributed by atoms with Gasteiger partial charge in [0.1, 0.15) is 29.3 Å². The molecule has 19 heteroatoms. The third kappa shape index (κ3) is 10.7. The predicted octanol–water partition coefficient (Wildman–Crippen LogP) is 3.38. The summed E-state index contributed by atoms with van der Waals surface area (Å²) in [6, 6.07) is 4.77. The number of nitrogens with zero attached hydrogens (tertiary/aromatic N) is 6. The fourth-order valence-electron chi connectivity index (χ4n) is 8.92. The molecule has 0 aromatic carbocycles. The van der Waals surface area contributed by atoms with Crippen LogP contribution in [0.3, 0.4) is 0 Å².